The molecule has 0 fully saturated rings. The monoisotopic (exact) mass is 302 g/mol. The van der Waals surface area contributed by atoms with Gasteiger partial charge in [0.05, 0.1) is 4.90 Å². The van der Waals surface area contributed by atoms with Crippen molar-refractivity contribution in [2.24, 2.45) is 0 Å². The van der Waals surface area contributed by atoms with Crippen molar-refractivity contribution in [1.82, 2.24) is 0 Å². The molecule has 0 amide bonds. The van der Waals surface area contributed by atoms with Crippen molar-refractivity contribution in [3.05, 3.63) is 66.7 Å². The van der Waals surface area contributed by atoms with Crippen LogP contribution in [0.15, 0.2) is 71.6 Å². The van der Waals surface area contributed by atoms with Gasteiger partial charge in [0.2, 0.25) is 0 Å². The predicted molar refractivity (Wildman–Crippen MR) is 82.4 cm³/mol. The number of benzene rings is 3. The summed E-state index contributed by atoms with van der Waals surface area (Å²) in [5.41, 5.74) is 2.03. The molecule has 3 aromatic rings. The Hall–Kier alpha value is -1.84. The Kier molecular flexibility index (Phi) is 3.24. The van der Waals surface area contributed by atoms with Crippen molar-refractivity contribution < 1.29 is 8.42 Å². The van der Waals surface area contributed by atoms with Gasteiger partial charge in [0, 0.05) is 16.1 Å². The van der Waals surface area contributed by atoms with Crippen molar-refractivity contribution in [2.45, 2.75) is 4.90 Å². The number of hydrogen-bond acceptors (Lipinski definition) is 2. The van der Waals surface area contributed by atoms with Crippen molar-refractivity contribution >= 4 is 30.5 Å². The van der Waals surface area contributed by atoms with Crippen molar-refractivity contribution in [2.75, 3.05) is 0 Å². The van der Waals surface area contributed by atoms with Crippen LogP contribution in [0.25, 0.3) is 21.9 Å². The van der Waals surface area contributed by atoms with Crippen LogP contribution in [0.4, 0.5) is 0 Å². The average molecular weight is 303 g/mol. The minimum atomic E-state index is -3.76. The fourth-order valence-electron chi connectivity index (χ4n) is 2.35. The lowest BCUT2D eigenvalue weighted by Gasteiger charge is -2.09. The zero-order chi connectivity index (χ0) is 14.2. The van der Waals surface area contributed by atoms with Crippen LogP contribution in [0, 0.1) is 0 Å². The Morgan fingerprint density at radius 1 is 0.700 bits per heavy atom. The maximum atomic E-state index is 11.7. The molecule has 0 bridgehead atoms. The summed E-state index contributed by atoms with van der Waals surface area (Å²) < 4.78 is 23.3. The summed E-state index contributed by atoms with van der Waals surface area (Å²) in [6.07, 6.45) is 0. The molecular weight excluding hydrogens is 292 g/mol. The highest BCUT2D eigenvalue weighted by Gasteiger charge is 2.16. The molecule has 0 spiro atoms. The standard InChI is InChI=1S/C16H11ClO2S/c17-20(18,19)16-11-10-13(12-6-2-1-3-7-12)14-8-4-5-9-15(14)16/h1-11H. The molecule has 0 N–H and O–H groups in total. The highest BCUT2D eigenvalue weighted by molar-refractivity contribution is 8.14. The molecule has 0 atom stereocenters. The van der Waals surface area contributed by atoms with Gasteiger partial charge in [-0.1, -0.05) is 60.7 Å². The van der Waals surface area contributed by atoms with E-state index in [1.54, 1.807) is 18.2 Å². The maximum Gasteiger partial charge on any atom is 0.261 e. The second kappa shape index (κ2) is 4.93. The predicted octanol–water partition coefficient (Wildman–Crippen LogP) is 4.43. The zero-order valence-corrected chi connectivity index (χ0v) is 12.0. The molecule has 100 valence electrons. The van der Waals surface area contributed by atoms with Gasteiger partial charge in [-0.2, -0.15) is 0 Å². The van der Waals surface area contributed by atoms with E-state index in [1.807, 2.05) is 48.5 Å². The molecule has 0 heterocycles. The van der Waals surface area contributed by atoms with Crippen LogP contribution in [-0.2, 0) is 9.05 Å². The van der Waals surface area contributed by atoms with Crippen molar-refractivity contribution in [3.63, 3.8) is 0 Å². The lowest BCUT2D eigenvalue weighted by Crippen LogP contribution is -1.93. The van der Waals surface area contributed by atoms with E-state index in [4.69, 9.17) is 10.7 Å². The summed E-state index contributed by atoms with van der Waals surface area (Å²) in [6.45, 7) is 0. The molecule has 0 aliphatic carbocycles. The Morgan fingerprint density at radius 2 is 1.30 bits per heavy atom. The van der Waals surface area contributed by atoms with Gasteiger partial charge in [-0.05, 0) is 22.6 Å². The molecule has 0 aliphatic heterocycles. The molecule has 3 aromatic carbocycles. The Balaban J connectivity index is 2.39. The zero-order valence-electron chi connectivity index (χ0n) is 10.5. The van der Waals surface area contributed by atoms with E-state index < -0.39 is 9.05 Å². The van der Waals surface area contributed by atoms with E-state index in [9.17, 15) is 8.42 Å². The van der Waals surface area contributed by atoms with Crippen LogP contribution < -0.4 is 0 Å². The summed E-state index contributed by atoms with van der Waals surface area (Å²) in [5.74, 6) is 0. The molecule has 0 radical (unpaired) electrons. The van der Waals surface area contributed by atoms with Gasteiger partial charge in [0.1, 0.15) is 0 Å². The number of fused-ring (bicyclic) bond motifs is 1. The molecule has 3 rings (SSSR count). The molecular formula is C16H11ClO2S. The Morgan fingerprint density at radius 3 is 1.95 bits per heavy atom. The van der Waals surface area contributed by atoms with E-state index in [2.05, 4.69) is 0 Å². The third-order valence-electron chi connectivity index (χ3n) is 3.23. The van der Waals surface area contributed by atoms with Crippen LogP contribution in [0.3, 0.4) is 0 Å². The van der Waals surface area contributed by atoms with E-state index >= 15 is 0 Å². The lowest BCUT2D eigenvalue weighted by atomic mass is 9.98. The first-order valence-electron chi connectivity index (χ1n) is 6.09. The van der Waals surface area contributed by atoms with Gasteiger partial charge in [-0.15, -0.1) is 0 Å². The minimum Gasteiger partial charge on any atom is -0.207 e. The molecule has 0 saturated heterocycles. The van der Waals surface area contributed by atoms with E-state index in [1.165, 1.54) is 0 Å². The number of halogens is 1. The summed E-state index contributed by atoms with van der Waals surface area (Å²) in [5, 5.41) is 1.52. The third kappa shape index (κ3) is 2.30. The first-order valence-corrected chi connectivity index (χ1v) is 8.40. The summed E-state index contributed by atoms with van der Waals surface area (Å²) in [4.78, 5) is 0.148. The molecule has 0 aromatic heterocycles. The molecule has 4 heteroatoms. The minimum absolute atomic E-state index is 0.148. The van der Waals surface area contributed by atoms with Crippen LogP contribution in [0.5, 0.6) is 0 Å². The van der Waals surface area contributed by atoms with Crippen LogP contribution in [-0.4, -0.2) is 8.42 Å². The quantitative estimate of drug-likeness (QED) is 0.656. The van der Waals surface area contributed by atoms with Crippen LogP contribution in [0.1, 0.15) is 0 Å². The van der Waals surface area contributed by atoms with Gasteiger partial charge >= 0.3 is 0 Å². The Bertz CT molecular complexity index is 871. The lowest BCUT2D eigenvalue weighted by molar-refractivity contribution is 0.610. The van der Waals surface area contributed by atoms with Crippen molar-refractivity contribution in [1.29, 1.82) is 0 Å². The average Bonchev–Trinajstić information content (AvgIpc) is 2.46. The fraction of sp³-hybridized carbons (Fsp3) is 0. The first-order chi connectivity index (χ1) is 9.57. The SMILES string of the molecule is O=S(=O)(Cl)c1ccc(-c2ccccc2)c2ccccc12. The normalized spacial score (nSPS) is 11.7. The second-order valence-corrected chi connectivity index (χ2v) is 7.00. The molecule has 0 unspecified atom stereocenters. The van der Waals surface area contributed by atoms with Gasteiger partial charge in [-0.3, -0.25) is 0 Å². The highest BCUT2D eigenvalue weighted by atomic mass is 35.7. The smallest absolute Gasteiger partial charge is 0.207 e. The number of rotatable bonds is 2. The Labute approximate surface area is 122 Å². The van der Waals surface area contributed by atoms with E-state index in [-0.39, 0.29) is 4.90 Å². The van der Waals surface area contributed by atoms with Gasteiger partial charge in [-0.25, -0.2) is 8.42 Å². The van der Waals surface area contributed by atoms with Gasteiger partial charge in [0.25, 0.3) is 9.05 Å². The first kappa shape index (κ1) is 13.2. The number of hydrogen-bond donors (Lipinski definition) is 0. The molecule has 20 heavy (non-hydrogen) atoms. The fourth-order valence-corrected chi connectivity index (χ4v) is 3.43. The van der Waals surface area contributed by atoms with Gasteiger partial charge in [0.15, 0.2) is 0 Å². The van der Waals surface area contributed by atoms with Gasteiger partial charge < -0.3 is 0 Å². The van der Waals surface area contributed by atoms with Crippen LogP contribution >= 0.6 is 10.7 Å². The third-order valence-corrected chi connectivity index (χ3v) is 4.61. The van der Waals surface area contributed by atoms with E-state index in [0.29, 0.717) is 5.39 Å². The summed E-state index contributed by atoms with van der Waals surface area (Å²) in [7, 11) is 1.75. The molecule has 2 nitrogen and oxygen atoms in total. The molecule has 0 aliphatic rings. The maximum absolute atomic E-state index is 11.7. The summed E-state index contributed by atoms with van der Waals surface area (Å²) >= 11 is 0. The second-order valence-electron chi connectivity index (χ2n) is 4.46. The van der Waals surface area contributed by atoms with Crippen LogP contribution in [0.2, 0.25) is 0 Å². The van der Waals surface area contributed by atoms with Crippen molar-refractivity contribution in [3.8, 4) is 11.1 Å². The summed E-state index contributed by atoms with van der Waals surface area (Å²) in [6, 6.07) is 20.6. The topological polar surface area (TPSA) is 34.1 Å². The highest BCUT2D eigenvalue weighted by Crippen LogP contribution is 2.33. The molecule has 0 saturated carbocycles. The van der Waals surface area contributed by atoms with E-state index in [0.717, 1.165) is 16.5 Å². The largest absolute Gasteiger partial charge is 0.261 e.